The van der Waals surface area contributed by atoms with Gasteiger partial charge < -0.3 is 53.8 Å². The minimum absolute atomic E-state index is 0. The third-order valence-electron chi connectivity index (χ3n) is 14.5. The summed E-state index contributed by atoms with van der Waals surface area (Å²) in [5.74, 6) is 4.01. The number of hydrogen-bond donors (Lipinski definition) is 4. The molecule has 0 aliphatic carbocycles. The van der Waals surface area contributed by atoms with Crippen molar-refractivity contribution in [3.63, 3.8) is 0 Å². The Kier molecular flexibility index (Phi) is 46.8. The van der Waals surface area contributed by atoms with Crippen molar-refractivity contribution in [3.8, 4) is 17.2 Å². The Balaban J connectivity index is 0.000000484. The minimum atomic E-state index is -0.167. The van der Waals surface area contributed by atoms with E-state index in [1.807, 2.05) is 12.3 Å². The molecule has 16 heteroatoms. The van der Waals surface area contributed by atoms with Crippen molar-refractivity contribution in [2.45, 2.75) is 131 Å². The average molecular weight is 1440 g/mol. The van der Waals surface area contributed by atoms with Crippen molar-refractivity contribution >= 4 is 71.6 Å². The summed E-state index contributed by atoms with van der Waals surface area (Å²) < 4.78 is 33.8. The summed E-state index contributed by atoms with van der Waals surface area (Å²) in [5, 5.41) is 38.7. The Morgan fingerprint density at radius 1 is 0.500 bits per heavy atom. The molecular formula is C76H109Cl2NO10P2Pd. The average Bonchev–Trinajstić information content (AvgIpc) is 0.987. The fourth-order valence-corrected chi connectivity index (χ4v) is 14.3. The Bertz CT molecular complexity index is 2820. The van der Waals surface area contributed by atoms with Crippen molar-refractivity contribution in [2.75, 3.05) is 112 Å². The third kappa shape index (κ3) is 32.1. The van der Waals surface area contributed by atoms with Crippen molar-refractivity contribution in [3.05, 3.63) is 177 Å². The van der Waals surface area contributed by atoms with E-state index in [2.05, 4.69) is 224 Å². The first-order valence-corrected chi connectivity index (χ1v) is 38.6. The van der Waals surface area contributed by atoms with Crippen LogP contribution in [0.2, 0.25) is 0 Å². The summed E-state index contributed by atoms with van der Waals surface area (Å²) in [6.07, 6.45) is 14.5. The van der Waals surface area contributed by atoms with Crippen LogP contribution in [0.5, 0.6) is 17.2 Å². The van der Waals surface area contributed by atoms with Crippen LogP contribution in [0.3, 0.4) is 0 Å². The number of nitrogens with zero attached hydrogens (tertiary/aromatic N) is 1. The van der Waals surface area contributed by atoms with Crippen LogP contribution < -0.4 is 24.8 Å². The van der Waals surface area contributed by atoms with Crippen LogP contribution >= 0.6 is 37.0 Å². The van der Waals surface area contributed by atoms with Gasteiger partial charge in [-0.15, -0.1) is 37.2 Å². The maximum absolute atomic E-state index is 9.07. The van der Waals surface area contributed by atoms with E-state index in [4.69, 9.17) is 65.4 Å². The number of alkyl halides is 1. The predicted octanol–water partition coefficient (Wildman–Crippen LogP) is 17.2. The van der Waals surface area contributed by atoms with Crippen LogP contribution in [0.25, 0.3) is 12.2 Å². The number of rotatable bonds is 39. The molecular weight excluding hydrogens is 1330 g/mol. The molecule has 92 heavy (non-hydrogen) atoms. The molecule has 0 aliphatic heterocycles. The summed E-state index contributed by atoms with van der Waals surface area (Å²) in [5.41, 5.74) is 11.6. The first-order valence-electron chi connectivity index (χ1n) is 32.1. The third-order valence-corrected chi connectivity index (χ3v) is 18.8. The fraction of sp³-hybridized carbons (Fsp3) is 0.487. The second-order valence-electron chi connectivity index (χ2n) is 23.2. The van der Waals surface area contributed by atoms with E-state index in [1.54, 1.807) is 6.07 Å². The van der Waals surface area contributed by atoms with E-state index >= 15 is 0 Å². The van der Waals surface area contributed by atoms with Crippen LogP contribution in [0.15, 0.2) is 126 Å². The van der Waals surface area contributed by atoms with E-state index in [-0.39, 0.29) is 56.3 Å². The summed E-state index contributed by atoms with van der Waals surface area (Å²) in [7, 11) is 4.52. The predicted molar refractivity (Wildman–Crippen MR) is 391 cm³/mol. The summed E-state index contributed by atoms with van der Waals surface area (Å²) in [6.45, 7) is 26.1. The number of benzene rings is 6. The fourth-order valence-electron chi connectivity index (χ4n) is 9.80. The Labute approximate surface area is 577 Å². The maximum atomic E-state index is 9.07. The zero-order valence-electron chi connectivity index (χ0n) is 55.8. The van der Waals surface area contributed by atoms with Gasteiger partial charge in [0, 0.05) is 25.5 Å². The SMILES string of the molecule is C.CC(C)c1cccc(C(C)C)c1/C=C/c1cc(CCCCCCO)c(OCCOCCO)cc1CCl.CC(C)c1cccc(C(C)C)c1N=Cc1[c-]cc(OCCCOCCO)c(OCCOCCO)c1.CP(C)CCP(c1ccccc1)c1ccccc1.[Cl][Pd+]. The second kappa shape index (κ2) is 51.3. The summed E-state index contributed by atoms with van der Waals surface area (Å²) >= 11 is 8.62. The van der Waals surface area contributed by atoms with E-state index in [0.29, 0.717) is 100 Å². The standard InChI is InChI=1S/C31H45ClO4.C28H40NO6.C16H20P2.CH4.ClH.Pd/c1-23(2)28-11-9-12-29(24(3)4)30(28)14-13-25-20-26(10-7-5-6-8-15-33)31(21-27(25)22-32)36-19-18-35-17-16-34;1-21(2)24-7-5-8-25(22(3)4)28(24)29-20-23-9-10-26(34-14-6-13-32-15-11-30)27(19-23)35-18-17-33-16-12-31;1-17(2)13-14-18(15-9-5-3-6-10-15)16-11-7-4-8-12-16;;;/h9,11-14,20-21,23-24,33-34H,5-8,10,15-19,22H2,1-4H3;5,7-8,10,19-22,30-31H,6,11-18H2,1-4H3;3-12H,13-14H2,1-2H3;1H4;1H;/q;-1;;;;+2/p-1/b14-13+;;;;;. The normalized spacial score (nSPS) is 11.3. The molecule has 0 aromatic heterocycles. The molecule has 0 saturated heterocycles. The van der Waals surface area contributed by atoms with E-state index in [1.165, 1.54) is 50.8 Å². The Morgan fingerprint density at radius 3 is 1.50 bits per heavy atom. The number of hydrogen-bond acceptors (Lipinski definition) is 11. The number of ether oxygens (including phenoxy) is 6. The molecule has 6 aromatic carbocycles. The molecule has 0 amide bonds. The number of aliphatic hydroxyl groups excluding tert-OH is 4. The van der Waals surface area contributed by atoms with Gasteiger partial charge in [-0.3, -0.25) is 0 Å². The van der Waals surface area contributed by atoms with Gasteiger partial charge in [-0.05, 0) is 150 Å². The number of unbranched alkanes of at least 4 members (excludes halogenated alkanes) is 3. The number of halogens is 2. The molecule has 0 unspecified atom stereocenters. The van der Waals surface area contributed by atoms with Gasteiger partial charge in [0.1, 0.15) is 19.0 Å². The first kappa shape index (κ1) is 84.0. The molecule has 11 nitrogen and oxygen atoms in total. The molecule has 512 valence electrons. The quantitative estimate of drug-likeness (QED) is 0.00559. The molecule has 0 saturated carbocycles. The zero-order chi connectivity index (χ0) is 66.6. The van der Waals surface area contributed by atoms with Gasteiger partial charge >= 0.3 is 27.7 Å². The van der Waals surface area contributed by atoms with Crippen molar-refractivity contribution < 1.29 is 67.0 Å². The van der Waals surface area contributed by atoms with Gasteiger partial charge in [0.25, 0.3) is 0 Å². The molecule has 0 bridgehead atoms. The van der Waals surface area contributed by atoms with Crippen molar-refractivity contribution in [1.29, 1.82) is 0 Å². The molecule has 4 N–H and O–H groups in total. The van der Waals surface area contributed by atoms with Crippen LogP contribution in [0, 0.1) is 6.07 Å². The first-order chi connectivity index (χ1) is 44.2. The van der Waals surface area contributed by atoms with Gasteiger partial charge in [-0.25, -0.2) is 0 Å². The van der Waals surface area contributed by atoms with Crippen LogP contribution in [-0.2, 0) is 44.7 Å². The van der Waals surface area contributed by atoms with Gasteiger partial charge in [0.2, 0.25) is 0 Å². The molecule has 0 atom stereocenters. The van der Waals surface area contributed by atoms with Crippen LogP contribution in [-0.4, -0.2) is 138 Å². The van der Waals surface area contributed by atoms with Gasteiger partial charge in [-0.1, -0.05) is 191 Å². The van der Waals surface area contributed by atoms with E-state index < -0.39 is 0 Å². The Hall–Kier alpha value is -4.05. The second-order valence-corrected chi connectivity index (χ2v) is 28.4. The molecule has 0 fully saturated rings. The number of aryl methyl sites for hydroxylation is 1. The Morgan fingerprint density at radius 2 is 1.00 bits per heavy atom. The molecule has 0 spiro atoms. The number of aliphatic hydroxyl groups is 4. The van der Waals surface area contributed by atoms with Crippen LogP contribution in [0.1, 0.15) is 169 Å². The summed E-state index contributed by atoms with van der Waals surface area (Å²) in [4.78, 5) is 4.87. The van der Waals surface area contributed by atoms with Gasteiger partial charge in [0.15, 0.2) is 0 Å². The topological polar surface area (TPSA) is 149 Å². The van der Waals surface area contributed by atoms with Crippen LogP contribution in [0.4, 0.5) is 5.69 Å². The molecule has 0 heterocycles. The number of para-hydroxylation sites is 1. The molecule has 6 rings (SSSR count). The van der Waals surface area contributed by atoms with Crippen molar-refractivity contribution in [2.24, 2.45) is 4.99 Å². The van der Waals surface area contributed by atoms with Gasteiger partial charge in [0.05, 0.1) is 76.6 Å². The molecule has 0 radical (unpaired) electrons. The number of aliphatic imine (C=N–C) groups is 1. The molecule has 6 aromatic rings. The monoisotopic (exact) mass is 1430 g/mol. The summed E-state index contributed by atoms with van der Waals surface area (Å²) in [6, 6.07) is 46.1. The van der Waals surface area contributed by atoms with E-state index in [0.717, 1.165) is 65.8 Å². The van der Waals surface area contributed by atoms with Crippen molar-refractivity contribution in [1.82, 2.24) is 0 Å². The van der Waals surface area contributed by atoms with Gasteiger partial charge in [-0.2, -0.15) is 0 Å². The molecule has 0 aliphatic rings. The zero-order valence-corrected chi connectivity index (χ0v) is 60.7. The van der Waals surface area contributed by atoms with E-state index in [9.17, 15) is 0 Å².